The van der Waals surface area contributed by atoms with Crippen LogP contribution in [0.1, 0.15) is 32.8 Å². The maximum Gasteiger partial charge on any atom is 0.0621 e. The van der Waals surface area contributed by atoms with Gasteiger partial charge < -0.3 is 10.1 Å². The molecule has 3 nitrogen and oxygen atoms in total. The molecule has 1 aliphatic heterocycles. The Bertz CT molecular complexity index is 422. The topological polar surface area (TPSA) is 34.2 Å². The van der Waals surface area contributed by atoms with Gasteiger partial charge in [0.15, 0.2) is 0 Å². The number of rotatable bonds is 4. The molecule has 0 radical (unpaired) electrons. The quantitative estimate of drug-likeness (QED) is 0.922. The van der Waals surface area contributed by atoms with Crippen molar-refractivity contribution in [2.45, 2.75) is 39.2 Å². The maximum atomic E-state index is 6.23. The van der Waals surface area contributed by atoms with Gasteiger partial charge in [-0.15, -0.1) is 0 Å². The van der Waals surface area contributed by atoms with Crippen LogP contribution in [0.5, 0.6) is 0 Å². The number of pyridine rings is 1. The predicted octanol–water partition coefficient (Wildman–Crippen LogP) is 3.07. The summed E-state index contributed by atoms with van der Waals surface area (Å²) >= 11 is 6.23. The van der Waals surface area contributed by atoms with Crippen molar-refractivity contribution in [3.8, 4) is 0 Å². The molecule has 1 fully saturated rings. The lowest BCUT2D eigenvalue weighted by Crippen LogP contribution is -2.45. The average Bonchev–Trinajstić information content (AvgIpc) is 2.78. The first-order valence-electron chi connectivity index (χ1n) is 6.81. The van der Waals surface area contributed by atoms with Crippen molar-refractivity contribution in [3.05, 3.63) is 29.0 Å². The van der Waals surface area contributed by atoms with Gasteiger partial charge in [0, 0.05) is 36.5 Å². The van der Waals surface area contributed by atoms with Gasteiger partial charge in [0.2, 0.25) is 0 Å². The van der Waals surface area contributed by atoms with Gasteiger partial charge in [-0.1, -0.05) is 11.6 Å². The molecule has 2 heterocycles. The summed E-state index contributed by atoms with van der Waals surface area (Å²) in [4.78, 5) is 4.05. The van der Waals surface area contributed by atoms with Crippen molar-refractivity contribution in [1.82, 2.24) is 10.3 Å². The molecule has 0 saturated carbocycles. The number of ether oxygens (including phenoxy) is 1. The number of aromatic nitrogens is 1. The van der Waals surface area contributed by atoms with Gasteiger partial charge in [-0.25, -0.2) is 0 Å². The van der Waals surface area contributed by atoms with Gasteiger partial charge in [-0.05, 0) is 45.2 Å². The lowest BCUT2D eigenvalue weighted by atomic mass is 9.80. The second-order valence-electron chi connectivity index (χ2n) is 6.55. The highest BCUT2D eigenvalue weighted by atomic mass is 35.5. The van der Waals surface area contributed by atoms with Crippen molar-refractivity contribution in [1.29, 1.82) is 0 Å². The summed E-state index contributed by atoms with van der Waals surface area (Å²) in [6.07, 6.45) is 5.55. The summed E-state index contributed by atoms with van der Waals surface area (Å²) in [6, 6.07) is 2.01. The normalized spacial score (nSPS) is 23.8. The Kier molecular flexibility index (Phi) is 4.49. The van der Waals surface area contributed by atoms with Crippen LogP contribution in [0.2, 0.25) is 5.02 Å². The van der Waals surface area contributed by atoms with Gasteiger partial charge in [0.05, 0.1) is 11.6 Å². The van der Waals surface area contributed by atoms with Crippen LogP contribution in [0.3, 0.4) is 0 Å². The largest absolute Gasteiger partial charge is 0.381 e. The zero-order chi connectivity index (χ0) is 13.9. The van der Waals surface area contributed by atoms with Crippen molar-refractivity contribution >= 4 is 11.6 Å². The molecule has 19 heavy (non-hydrogen) atoms. The van der Waals surface area contributed by atoms with Crippen LogP contribution in [0.4, 0.5) is 0 Å². The summed E-state index contributed by atoms with van der Waals surface area (Å²) < 4.78 is 5.64. The third-order valence-electron chi connectivity index (χ3n) is 3.60. The zero-order valence-electron chi connectivity index (χ0n) is 12.0. The third-order valence-corrected chi connectivity index (χ3v) is 3.94. The summed E-state index contributed by atoms with van der Waals surface area (Å²) in [5, 5.41) is 4.36. The zero-order valence-corrected chi connectivity index (χ0v) is 12.8. The molecule has 1 saturated heterocycles. The fourth-order valence-electron chi connectivity index (χ4n) is 2.39. The molecule has 1 aromatic rings. The molecule has 106 valence electrons. The summed E-state index contributed by atoms with van der Waals surface area (Å²) in [6.45, 7) is 9.17. The first kappa shape index (κ1) is 14.8. The van der Waals surface area contributed by atoms with E-state index in [1.54, 1.807) is 6.20 Å². The molecule has 0 aliphatic carbocycles. The molecule has 0 aromatic carbocycles. The van der Waals surface area contributed by atoms with Crippen LogP contribution in [0, 0.1) is 5.41 Å². The molecule has 0 amide bonds. The van der Waals surface area contributed by atoms with E-state index in [1.807, 2.05) is 12.3 Å². The highest BCUT2D eigenvalue weighted by molar-refractivity contribution is 6.31. The highest BCUT2D eigenvalue weighted by Gasteiger charge is 2.36. The second-order valence-corrected chi connectivity index (χ2v) is 6.96. The average molecular weight is 283 g/mol. The minimum absolute atomic E-state index is 0.123. The van der Waals surface area contributed by atoms with Crippen LogP contribution >= 0.6 is 11.6 Å². The number of halogens is 1. The number of nitrogens with one attached hydrogen (secondary N) is 1. The Hall–Kier alpha value is -0.640. The van der Waals surface area contributed by atoms with E-state index in [2.05, 4.69) is 31.1 Å². The van der Waals surface area contributed by atoms with E-state index in [9.17, 15) is 0 Å². The van der Waals surface area contributed by atoms with Crippen molar-refractivity contribution in [3.63, 3.8) is 0 Å². The van der Waals surface area contributed by atoms with E-state index in [-0.39, 0.29) is 11.0 Å². The first-order valence-corrected chi connectivity index (χ1v) is 7.19. The van der Waals surface area contributed by atoms with E-state index in [4.69, 9.17) is 16.3 Å². The molecule has 4 heteroatoms. The van der Waals surface area contributed by atoms with Gasteiger partial charge in [-0.3, -0.25) is 4.98 Å². The third kappa shape index (κ3) is 4.16. The number of hydrogen-bond donors (Lipinski definition) is 1. The Labute approximate surface area is 120 Å². The number of nitrogens with zero attached hydrogens (tertiary/aromatic N) is 1. The van der Waals surface area contributed by atoms with Crippen molar-refractivity contribution < 1.29 is 4.74 Å². The first-order chi connectivity index (χ1) is 8.90. The maximum absolute atomic E-state index is 6.23. The van der Waals surface area contributed by atoms with E-state index in [1.165, 1.54) is 0 Å². The second kappa shape index (κ2) is 5.78. The Morgan fingerprint density at radius 1 is 1.47 bits per heavy atom. The van der Waals surface area contributed by atoms with Crippen molar-refractivity contribution in [2.24, 2.45) is 5.41 Å². The Morgan fingerprint density at radius 3 is 2.84 bits per heavy atom. The van der Waals surface area contributed by atoms with E-state index in [0.717, 1.165) is 43.2 Å². The number of hydrogen-bond acceptors (Lipinski definition) is 3. The van der Waals surface area contributed by atoms with Gasteiger partial charge in [0.1, 0.15) is 0 Å². The summed E-state index contributed by atoms with van der Waals surface area (Å²) in [7, 11) is 0. The SMILES string of the molecule is CC(C)(C)NCC1(Cc2ccncc2Cl)CCOC1. The van der Waals surface area contributed by atoms with Crippen LogP contribution < -0.4 is 5.32 Å². The molecular weight excluding hydrogens is 260 g/mol. The van der Waals surface area contributed by atoms with Crippen LogP contribution in [0.15, 0.2) is 18.5 Å². The molecule has 0 bridgehead atoms. The van der Waals surface area contributed by atoms with Gasteiger partial charge >= 0.3 is 0 Å². The molecule has 1 aliphatic rings. The molecule has 1 atom stereocenters. The highest BCUT2D eigenvalue weighted by Crippen LogP contribution is 2.34. The lowest BCUT2D eigenvalue weighted by molar-refractivity contribution is 0.144. The molecular formula is C15H23ClN2O. The molecule has 1 N–H and O–H groups in total. The fraction of sp³-hybridized carbons (Fsp3) is 0.667. The van der Waals surface area contributed by atoms with Crippen molar-refractivity contribution in [2.75, 3.05) is 19.8 Å². The molecule has 1 unspecified atom stereocenters. The monoisotopic (exact) mass is 282 g/mol. The minimum Gasteiger partial charge on any atom is -0.381 e. The Morgan fingerprint density at radius 2 is 2.26 bits per heavy atom. The van der Waals surface area contributed by atoms with Gasteiger partial charge in [0.25, 0.3) is 0 Å². The summed E-state index contributed by atoms with van der Waals surface area (Å²) in [5.74, 6) is 0. The predicted molar refractivity (Wildman–Crippen MR) is 78.6 cm³/mol. The van der Waals surface area contributed by atoms with E-state index in [0.29, 0.717) is 0 Å². The van der Waals surface area contributed by atoms with Crippen LogP contribution in [-0.2, 0) is 11.2 Å². The smallest absolute Gasteiger partial charge is 0.0621 e. The molecule has 0 spiro atoms. The van der Waals surface area contributed by atoms with E-state index >= 15 is 0 Å². The Balaban J connectivity index is 2.10. The van der Waals surface area contributed by atoms with Crippen LogP contribution in [-0.4, -0.2) is 30.3 Å². The van der Waals surface area contributed by atoms with Gasteiger partial charge in [-0.2, -0.15) is 0 Å². The lowest BCUT2D eigenvalue weighted by Gasteiger charge is -2.32. The molecule has 1 aromatic heterocycles. The standard InChI is InChI=1S/C15H23ClN2O/c1-14(2,3)18-10-15(5-7-19-11-15)8-12-4-6-17-9-13(12)16/h4,6,9,18H,5,7-8,10-11H2,1-3H3. The molecule has 2 rings (SSSR count). The van der Waals surface area contributed by atoms with E-state index < -0.39 is 0 Å². The van der Waals surface area contributed by atoms with Crippen LogP contribution in [0.25, 0.3) is 0 Å². The fourth-order valence-corrected chi connectivity index (χ4v) is 2.58. The minimum atomic E-state index is 0.123. The summed E-state index contributed by atoms with van der Waals surface area (Å²) in [5.41, 5.74) is 1.44.